The van der Waals surface area contributed by atoms with E-state index in [1.165, 1.54) is 27.1 Å². The van der Waals surface area contributed by atoms with Gasteiger partial charge in [-0.1, -0.05) is 71.0 Å². The van der Waals surface area contributed by atoms with Gasteiger partial charge in [0, 0.05) is 32.6 Å². The number of hydrogen-bond donors (Lipinski definition) is 0. The number of alkyl halides is 2. The first-order valence-corrected chi connectivity index (χ1v) is 12.9. The summed E-state index contributed by atoms with van der Waals surface area (Å²) >= 11 is 1.73. The third-order valence-electron chi connectivity index (χ3n) is 7.10. The molecule has 0 aliphatic heterocycles. The Bertz CT molecular complexity index is 1570. The van der Waals surface area contributed by atoms with Crippen molar-refractivity contribution < 1.29 is 8.78 Å². The molecule has 0 radical (unpaired) electrons. The van der Waals surface area contributed by atoms with Crippen molar-refractivity contribution in [1.29, 1.82) is 0 Å². The van der Waals surface area contributed by atoms with E-state index in [1.54, 1.807) is 25.2 Å². The van der Waals surface area contributed by atoms with Crippen LogP contribution >= 0.6 is 11.3 Å². The predicted octanol–water partition coefficient (Wildman–Crippen LogP) is 9.71. The summed E-state index contributed by atoms with van der Waals surface area (Å²) in [6.07, 6.45) is -0.120. The van der Waals surface area contributed by atoms with E-state index in [1.807, 2.05) is 12.3 Å². The van der Waals surface area contributed by atoms with Crippen LogP contribution in [0.25, 0.3) is 42.2 Å². The maximum atomic E-state index is 13.6. The number of hydrogen-bond acceptors (Lipinski definition) is 2. The molecule has 5 aromatic rings. The molecule has 0 unspecified atom stereocenters. The van der Waals surface area contributed by atoms with Crippen molar-refractivity contribution in [2.75, 3.05) is 0 Å². The zero-order valence-corrected chi connectivity index (χ0v) is 22.0. The highest BCUT2D eigenvalue weighted by atomic mass is 32.1. The maximum Gasteiger partial charge on any atom is 0.243 e. The summed E-state index contributed by atoms with van der Waals surface area (Å²) in [6.45, 7) is 12.1. The van der Waals surface area contributed by atoms with Crippen LogP contribution in [0.1, 0.15) is 51.3 Å². The number of aryl methyl sites for hydroxylation is 1. The highest BCUT2D eigenvalue weighted by molar-refractivity contribution is 7.26. The summed E-state index contributed by atoms with van der Waals surface area (Å²) < 4.78 is 29.5. The summed E-state index contributed by atoms with van der Waals surface area (Å²) in [5, 5.41) is 4.82. The second-order valence-electron chi connectivity index (χ2n) is 11.3. The molecule has 0 saturated carbocycles. The molecule has 0 spiro atoms. The first kappa shape index (κ1) is 23.9. The van der Waals surface area contributed by atoms with Crippen LogP contribution in [0.4, 0.5) is 8.78 Å². The molecule has 2 heterocycles. The number of halogens is 2. The van der Waals surface area contributed by atoms with Gasteiger partial charge in [-0.25, -0.2) is 8.78 Å². The van der Waals surface area contributed by atoms with Crippen molar-refractivity contribution in [1.82, 2.24) is 4.98 Å². The minimum absolute atomic E-state index is 0.00728. The SMILES string of the molecule is Cc1c(CC(C)(C)C(F)F)ccc2c1sc1c(-c3cc(C(C)(C)C)c4ccccc4c3)nccc12. The standard InChI is InChI=1S/C31H31F2NS/c1-18-20(17-31(5,6)29(32)33)11-12-23-24-13-14-34-26(28(24)35-27(18)23)21-15-19-9-7-8-10-22(19)25(16-21)30(2,3)4/h7-16,29H,17H2,1-6H3. The average Bonchev–Trinajstić information content (AvgIpc) is 3.19. The average molecular weight is 488 g/mol. The van der Waals surface area contributed by atoms with Crippen molar-refractivity contribution in [2.24, 2.45) is 5.41 Å². The molecule has 5 rings (SSSR count). The van der Waals surface area contributed by atoms with Crippen LogP contribution in [-0.2, 0) is 11.8 Å². The van der Waals surface area contributed by atoms with Gasteiger partial charge >= 0.3 is 0 Å². The number of pyridine rings is 1. The summed E-state index contributed by atoms with van der Waals surface area (Å²) in [5.74, 6) is 0. The van der Waals surface area contributed by atoms with Crippen LogP contribution in [0.2, 0.25) is 0 Å². The Morgan fingerprint density at radius 3 is 2.29 bits per heavy atom. The van der Waals surface area contributed by atoms with E-state index in [9.17, 15) is 8.78 Å². The minimum Gasteiger partial charge on any atom is -0.255 e. The number of benzene rings is 3. The zero-order chi connectivity index (χ0) is 25.1. The van der Waals surface area contributed by atoms with Gasteiger partial charge in [0.05, 0.1) is 10.4 Å². The highest BCUT2D eigenvalue weighted by Gasteiger charge is 2.30. The quantitative estimate of drug-likeness (QED) is 0.246. The highest BCUT2D eigenvalue weighted by Crippen LogP contribution is 2.43. The van der Waals surface area contributed by atoms with E-state index in [4.69, 9.17) is 4.98 Å². The smallest absolute Gasteiger partial charge is 0.243 e. The summed E-state index contributed by atoms with van der Waals surface area (Å²) in [7, 11) is 0. The van der Waals surface area contributed by atoms with Crippen molar-refractivity contribution in [3.8, 4) is 11.3 Å². The van der Waals surface area contributed by atoms with Gasteiger partial charge < -0.3 is 0 Å². The molecular weight excluding hydrogens is 456 g/mol. The summed E-state index contributed by atoms with van der Waals surface area (Å²) in [5.41, 5.74) is 4.42. The lowest BCUT2D eigenvalue weighted by molar-refractivity contribution is 0.0199. The minimum atomic E-state index is -2.36. The monoisotopic (exact) mass is 487 g/mol. The molecule has 0 N–H and O–H groups in total. The second-order valence-corrected chi connectivity index (χ2v) is 12.3. The first-order valence-electron chi connectivity index (χ1n) is 12.1. The number of nitrogens with zero attached hydrogens (tertiary/aromatic N) is 1. The number of aromatic nitrogens is 1. The van der Waals surface area contributed by atoms with E-state index in [2.05, 4.69) is 76.2 Å². The Kier molecular flexibility index (Phi) is 5.71. The molecule has 1 nitrogen and oxygen atoms in total. The molecule has 0 fully saturated rings. The number of rotatable bonds is 4. The van der Waals surface area contributed by atoms with Crippen LogP contribution in [0.5, 0.6) is 0 Å². The van der Waals surface area contributed by atoms with Crippen molar-refractivity contribution in [3.63, 3.8) is 0 Å². The Morgan fingerprint density at radius 2 is 1.57 bits per heavy atom. The summed E-state index contributed by atoms with van der Waals surface area (Å²) in [6, 6.07) is 19.3. The number of thiophene rings is 1. The molecule has 2 aromatic heterocycles. The third kappa shape index (κ3) is 4.12. The second kappa shape index (κ2) is 8.37. The lowest BCUT2D eigenvalue weighted by atomic mass is 9.82. The van der Waals surface area contributed by atoms with Crippen LogP contribution in [0.3, 0.4) is 0 Å². The molecule has 0 aliphatic rings. The van der Waals surface area contributed by atoms with Crippen LogP contribution in [0.15, 0.2) is 60.8 Å². The number of fused-ring (bicyclic) bond motifs is 4. The molecular formula is C31H31F2NS. The fourth-order valence-electron chi connectivity index (χ4n) is 4.97. The van der Waals surface area contributed by atoms with Crippen LogP contribution in [0, 0.1) is 12.3 Å². The van der Waals surface area contributed by atoms with E-state index in [0.717, 1.165) is 31.8 Å². The molecule has 0 amide bonds. The largest absolute Gasteiger partial charge is 0.255 e. The van der Waals surface area contributed by atoms with E-state index >= 15 is 0 Å². The normalized spacial score (nSPS) is 12.9. The zero-order valence-electron chi connectivity index (χ0n) is 21.2. The van der Waals surface area contributed by atoms with E-state index in [-0.39, 0.29) is 5.41 Å². The lowest BCUT2D eigenvalue weighted by Gasteiger charge is -2.24. The van der Waals surface area contributed by atoms with Crippen LogP contribution < -0.4 is 0 Å². The van der Waals surface area contributed by atoms with Gasteiger partial charge in [-0.15, -0.1) is 11.3 Å². The predicted molar refractivity (Wildman–Crippen MR) is 147 cm³/mol. The van der Waals surface area contributed by atoms with Gasteiger partial charge in [-0.2, -0.15) is 0 Å². The van der Waals surface area contributed by atoms with Gasteiger partial charge in [0.25, 0.3) is 0 Å². The Labute approximate surface area is 209 Å². The van der Waals surface area contributed by atoms with Gasteiger partial charge in [0.2, 0.25) is 6.43 Å². The van der Waals surface area contributed by atoms with Crippen molar-refractivity contribution >= 4 is 42.3 Å². The van der Waals surface area contributed by atoms with Gasteiger partial charge in [-0.05, 0) is 64.4 Å². The molecule has 0 aliphatic carbocycles. The Hall–Kier alpha value is -2.85. The molecule has 3 aromatic carbocycles. The van der Waals surface area contributed by atoms with Gasteiger partial charge in [0.15, 0.2) is 0 Å². The van der Waals surface area contributed by atoms with E-state index in [0.29, 0.717) is 6.42 Å². The van der Waals surface area contributed by atoms with E-state index < -0.39 is 11.8 Å². The van der Waals surface area contributed by atoms with Crippen molar-refractivity contribution in [3.05, 3.63) is 77.5 Å². The molecule has 35 heavy (non-hydrogen) atoms. The maximum absolute atomic E-state index is 13.6. The Morgan fingerprint density at radius 1 is 0.857 bits per heavy atom. The molecule has 0 saturated heterocycles. The third-order valence-corrected chi connectivity index (χ3v) is 8.44. The topological polar surface area (TPSA) is 12.9 Å². The molecule has 4 heteroatoms. The fourth-order valence-corrected chi connectivity index (χ4v) is 6.31. The molecule has 0 atom stereocenters. The van der Waals surface area contributed by atoms with Crippen molar-refractivity contribution in [2.45, 2.75) is 59.8 Å². The summed E-state index contributed by atoms with van der Waals surface area (Å²) in [4.78, 5) is 4.85. The Balaban J connectivity index is 1.73. The first-order chi connectivity index (χ1) is 16.5. The van der Waals surface area contributed by atoms with Crippen LogP contribution in [-0.4, -0.2) is 11.4 Å². The van der Waals surface area contributed by atoms with Gasteiger partial charge in [0.1, 0.15) is 0 Å². The lowest BCUT2D eigenvalue weighted by Crippen LogP contribution is -2.24. The molecule has 0 bridgehead atoms. The van der Waals surface area contributed by atoms with Gasteiger partial charge in [-0.3, -0.25) is 4.98 Å². The molecule has 180 valence electrons. The fraction of sp³-hybridized carbons (Fsp3) is 0.323.